The number of aliphatic hydroxyl groups is 1. The van der Waals surface area contributed by atoms with E-state index >= 15 is 0 Å². The number of ether oxygens (including phenoxy) is 2. The van der Waals surface area contributed by atoms with Crippen molar-refractivity contribution < 1.29 is 14.6 Å². The minimum atomic E-state index is -0.131. The summed E-state index contributed by atoms with van der Waals surface area (Å²) in [6, 6.07) is 5.49. The van der Waals surface area contributed by atoms with Crippen LogP contribution in [0.2, 0.25) is 0 Å². The van der Waals surface area contributed by atoms with E-state index in [-0.39, 0.29) is 6.61 Å². The Hall–Kier alpha value is -1.66. The number of fused-ring (bicyclic) bond motifs is 1. The lowest BCUT2D eigenvalue weighted by Crippen LogP contribution is -2.15. The Bertz CT molecular complexity index is 387. The van der Waals surface area contributed by atoms with Gasteiger partial charge in [-0.2, -0.15) is 0 Å². The SMILES string of the molecule is OCC#Cc1ccc2c(c1)OCCO2. The number of hydrogen-bond donors (Lipinski definition) is 1. The van der Waals surface area contributed by atoms with Gasteiger partial charge in [0.25, 0.3) is 0 Å². The maximum atomic E-state index is 8.54. The zero-order valence-corrected chi connectivity index (χ0v) is 7.62. The molecule has 0 bridgehead atoms. The van der Waals surface area contributed by atoms with Gasteiger partial charge in [-0.1, -0.05) is 11.8 Å². The normalized spacial score (nSPS) is 12.9. The fourth-order valence-electron chi connectivity index (χ4n) is 1.26. The molecule has 1 N–H and O–H groups in total. The lowest BCUT2D eigenvalue weighted by atomic mass is 10.2. The highest BCUT2D eigenvalue weighted by atomic mass is 16.6. The van der Waals surface area contributed by atoms with Crippen LogP contribution in [0.15, 0.2) is 18.2 Å². The lowest BCUT2D eigenvalue weighted by Gasteiger charge is -2.17. The predicted molar refractivity (Wildman–Crippen MR) is 51.4 cm³/mol. The van der Waals surface area contributed by atoms with Gasteiger partial charge in [0, 0.05) is 5.56 Å². The molecule has 0 atom stereocenters. The molecule has 1 aromatic rings. The molecule has 0 radical (unpaired) electrons. The third-order valence-electron chi connectivity index (χ3n) is 1.85. The Balaban J connectivity index is 2.29. The molecule has 0 aromatic heterocycles. The average molecular weight is 190 g/mol. The van der Waals surface area contributed by atoms with Crippen LogP contribution in [0, 0.1) is 11.8 Å². The van der Waals surface area contributed by atoms with Crippen LogP contribution in [0.5, 0.6) is 11.5 Å². The first-order valence-electron chi connectivity index (χ1n) is 4.39. The van der Waals surface area contributed by atoms with Crippen molar-refractivity contribution in [2.45, 2.75) is 0 Å². The summed E-state index contributed by atoms with van der Waals surface area (Å²) in [5.41, 5.74) is 0.823. The number of benzene rings is 1. The van der Waals surface area contributed by atoms with E-state index in [2.05, 4.69) is 11.8 Å². The minimum Gasteiger partial charge on any atom is -0.486 e. The molecule has 3 nitrogen and oxygen atoms in total. The monoisotopic (exact) mass is 190 g/mol. The molecular formula is C11H10O3. The molecule has 1 heterocycles. The molecule has 0 fully saturated rings. The van der Waals surface area contributed by atoms with Crippen LogP contribution >= 0.6 is 0 Å². The summed E-state index contributed by atoms with van der Waals surface area (Å²) in [6.07, 6.45) is 0. The summed E-state index contributed by atoms with van der Waals surface area (Å²) in [6.45, 7) is 1.03. The van der Waals surface area contributed by atoms with Gasteiger partial charge in [-0.25, -0.2) is 0 Å². The Morgan fingerprint density at radius 3 is 2.79 bits per heavy atom. The van der Waals surface area contributed by atoms with Crippen LogP contribution < -0.4 is 9.47 Å². The Labute approximate surface area is 82.3 Å². The summed E-state index contributed by atoms with van der Waals surface area (Å²) in [5, 5.41) is 8.54. The van der Waals surface area contributed by atoms with Gasteiger partial charge < -0.3 is 14.6 Å². The number of aliphatic hydroxyl groups excluding tert-OH is 1. The molecule has 1 aliphatic rings. The minimum absolute atomic E-state index is 0.131. The van der Waals surface area contributed by atoms with Crippen molar-refractivity contribution in [3.8, 4) is 23.3 Å². The summed E-state index contributed by atoms with van der Waals surface area (Å²) >= 11 is 0. The Morgan fingerprint density at radius 2 is 2.00 bits per heavy atom. The second kappa shape index (κ2) is 4.03. The molecule has 0 unspecified atom stereocenters. The molecule has 0 amide bonds. The zero-order chi connectivity index (χ0) is 9.80. The van der Waals surface area contributed by atoms with E-state index in [1.165, 1.54) is 0 Å². The number of rotatable bonds is 0. The van der Waals surface area contributed by atoms with E-state index in [0.29, 0.717) is 13.2 Å². The van der Waals surface area contributed by atoms with Crippen molar-refractivity contribution in [2.75, 3.05) is 19.8 Å². The Morgan fingerprint density at radius 1 is 1.21 bits per heavy atom. The molecule has 1 aliphatic heterocycles. The predicted octanol–water partition coefficient (Wildman–Crippen LogP) is 0.802. The van der Waals surface area contributed by atoms with Crippen LogP contribution in [0.1, 0.15) is 5.56 Å². The molecule has 3 heteroatoms. The van der Waals surface area contributed by atoms with Crippen LogP contribution in [0.25, 0.3) is 0 Å². The Kier molecular flexibility index (Phi) is 2.57. The summed E-state index contributed by atoms with van der Waals surface area (Å²) < 4.78 is 10.7. The van der Waals surface area contributed by atoms with Crippen molar-refractivity contribution in [3.05, 3.63) is 23.8 Å². The van der Waals surface area contributed by atoms with Gasteiger partial charge in [0.15, 0.2) is 11.5 Å². The highest BCUT2D eigenvalue weighted by Crippen LogP contribution is 2.30. The van der Waals surface area contributed by atoms with Crippen molar-refractivity contribution >= 4 is 0 Å². The van der Waals surface area contributed by atoms with E-state index in [9.17, 15) is 0 Å². The summed E-state index contributed by atoms with van der Waals surface area (Å²) in [7, 11) is 0. The zero-order valence-electron chi connectivity index (χ0n) is 7.62. The van der Waals surface area contributed by atoms with Crippen molar-refractivity contribution in [3.63, 3.8) is 0 Å². The van der Waals surface area contributed by atoms with Gasteiger partial charge in [-0.05, 0) is 18.2 Å². The fraction of sp³-hybridized carbons (Fsp3) is 0.273. The maximum absolute atomic E-state index is 8.54. The maximum Gasteiger partial charge on any atom is 0.162 e. The topological polar surface area (TPSA) is 38.7 Å². The standard InChI is InChI=1S/C11H10O3/c12-5-1-2-9-3-4-10-11(8-9)14-7-6-13-10/h3-4,8,12H,5-7H2. The first-order valence-corrected chi connectivity index (χ1v) is 4.39. The first-order chi connectivity index (χ1) is 6.90. The second-order valence-electron chi connectivity index (χ2n) is 2.82. The van der Waals surface area contributed by atoms with Gasteiger partial charge in [0.05, 0.1) is 0 Å². The van der Waals surface area contributed by atoms with Gasteiger partial charge in [0.2, 0.25) is 0 Å². The molecular weight excluding hydrogens is 180 g/mol. The van der Waals surface area contributed by atoms with E-state index in [0.717, 1.165) is 17.1 Å². The first kappa shape index (κ1) is 8.92. The second-order valence-corrected chi connectivity index (χ2v) is 2.82. The highest BCUT2D eigenvalue weighted by molar-refractivity contribution is 5.48. The molecule has 0 saturated heterocycles. The van der Waals surface area contributed by atoms with Gasteiger partial charge in [-0.15, -0.1) is 0 Å². The van der Waals surface area contributed by atoms with E-state index in [1.807, 2.05) is 18.2 Å². The number of hydrogen-bond acceptors (Lipinski definition) is 3. The van der Waals surface area contributed by atoms with E-state index in [4.69, 9.17) is 14.6 Å². The molecule has 0 aliphatic carbocycles. The van der Waals surface area contributed by atoms with Crippen LogP contribution in [0.4, 0.5) is 0 Å². The van der Waals surface area contributed by atoms with Gasteiger partial charge in [0.1, 0.15) is 19.8 Å². The highest BCUT2D eigenvalue weighted by Gasteiger charge is 2.10. The van der Waals surface area contributed by atoms with Gasteiger partial charge in [-0.3, -0.25) is 0 Å². The average Bonchev–Trinajstić information content (AvgIpc) is 2.26. The van der Waals surface area contributed by atoms with E-state index < -0.39 is 0 Å². The third-order valence-corrected chi connectivity index (χ3v) is 1.85. The van der Waals surface area contributed by atoms with E-state index in [1.54, 1.807) is 0 Å². The summed E-state index contributed by atoms with van der Waals surface area (Å²) in [4.78, 5) is 0. The fourth-order valence-corrected chi connectivity index (χ4v) is 1.26. The molecule has 14 heavy (non-hydrogen) atoms. The lowest BCUT2D eigenvalue weighted by molar-refractivity contribution is 0.171. The van der Waals surface area contributed by atoms with Gasteiger partial charge >= 0.3 is 0 Å². The molecule has 0 spiro atoms. The third kappa shape index (κ3) is 1.81. The van der Waals surface area contributed by atoms with Crippen LogP contribution in [0.3, 0.4) is 0 Å². The van der Waals surface area contributed by atoms with Crippen LogP contribution in [-0.2, 0) is 0 Å². The molecule has 0 saturated carbocycles. The molecule has 72 valence electrons. The largest absolute Gasteiger partial charge is 0.486 e. The van der Waals surface area contributed by atoms with Crippen molar-refractivity contribution in [2.24, 2.45) is 0 Å². The van der Waals surface area contributed by atoms with Crippen molar-refractivity contribution in [1.82, 2.24) is 0 Å². The summed E-state index contributed by atoms with van der Waals surface area (Å²) in [5.74, 6) is 6.87. The van der Waals surface area contributed by atoms with Crippen LogP contribution in [-0.4, -0.2) is 24.9 Å². The smallest absolute Gasteiger partial charge is 0.162 e. The molecule has 1 aromatic carbocycles. The van der Waals surface area contributed by atoms with Crippen molar-refractivity contribution in [1.29, 1.82) is 0 Å². The quantitative estimate of drug-likeness (QED) is 0.615. The molecule has 2 rings (SSSR count).